The number of fused-ring (bicyclic) bond motifs is 1. The summed E-state index contributed by atoms with van der Waals surface area (Å²) in [5.74, 6) is -2.05. The van der Waals surface area contributed by atoms with Gasteiger partial charge >= 0.3 is 18.2 Å². The third kappa shape index (κ3) is 5.09. The highest BCUT2D eigenvalue weighted by Gasteiger charge is 2.42. The summed E-state index contributed by atoms with van der Waals surface area (Å²) in [6, 6.07) is 14.3. The van der Waals surface area contributed by atoms with Gasteiger partial charge in [0.15, 0.2) is 0 Å². The first-order chi connectivity index (χ1) is 17.9. The number of likely N-dealkylation sites (tertiary alicyclic amines) is 1. The molecule has 1 aromatic heterocycles. The predicted octanol–water partition coefficient (Wildman–Crippen LogP) is 5.50. The van der Waals surface area contributed by atoms with Crippen LogP contribution >= 0.6 is 0 Å². The largest absolute Gasteiger partial charge is 0.471 e. The molecule has 0 aliphatic carbocycles. The maximum Gasteiger partial charge on any atom is 0.471 e. The van der Waals surface area contributed by atoms with Crippen LogP contribution in [0.1, 0.15) is 60.5 Å². The highest BCUT2D eigenvalue weighted by molar-refractivity contribution is 5.99. The number of piperidine rings is 1. The van der Waals surface area contributed by atoms with Crippen molar-refractivity contribution < 1.29 is 32.0 Å². The van der Waals surface area contributed by atoms with E-state index in [-0.39, 0.29) is 29.3 Å². The molecule has 2 atom stereocenters. The molecule has 1 fully saturated rings. The van der Waals surface area contributed by atoms with Crippen LogP contribution in [0.25, 0.3) is 11.4 Å². The van der Waals surface area contributed by atoms with E-state index in [0.717, 1.165) is 11.1 Å². The van der Waals surface area contributed by atoms with E-state index in [1.165, 1.54) is 6.07 Å². The Morgan fingerprint density at radius 2 is 1.84 bits per heavy atom. The number of nitrogens with zero attached hydrogens (tertiary/aromatic N) is 4. The minimum atomic E-state index is -4.75. The number of halogens is 3. The number of alkyl halides is 3. The first-order valence-electron chi connectivity index (χ1n) is 12.3. The van der Waals surface area contributed by atoms with E-state index in [2.05, 4.69) is 14.7 Å². The molecule has 38 heavy (non-hydrogen) atoms. The van der Waals surface area contributed by atoms with E-state index in [1.54, 1.807) is 21.9 Å². The Kier molecular flexibility index (Phi) is 6.40. The maximum atomic E-state index is 13.6. The normalized spacial score (nSPS) is 20.0. The molecule has 0 spiro atoms. The number of rotatable bonds is 3. The zero-order valence-corrected chi connectivity index (χ0v) is 21.2. The maximum absolute atomic E-state index is 13.6. The van der Waals surface area contributed by atoms with E-state index < -0.39 is 23.8 Å². The molecule has 0 bridgehead atoms. The summed E-state index contributed by atoms with van der Waals surface area (Å²) < 4.78 is 48.6. The zero-order valence-electron chi connectivity index (χ0n) is 21.2. The zero-order chi connectivity index (χ0) is 27.2. The smallest absolute Gasteiger partial charge is 0.444 e. The fraction of sp³-hybridized carbons (Fsp3) is 0.407. The van der Waals surface area contributed by atoms with Gasteiger partial charge in [0.25, 0.3) is 5.91 Å². The highest BCUT2D eigenvalue weighted by Crippen LogP contribution is 2.37. The number of carbonyl (C=O) groups excluding carboxylic acids is 2. The molecule has 11 heteroatoms. The second-order valence-electron chi connectivity index (χ2n) is 10.5. The van der Waals surface area contributed by atoms with Gasteiger partial charge in [0.05, 0.1) is 0 Å². The van der Waals surface area contributed by atoms with Crippen LogP contribution in [0, 0.1) is 0 Å². The fourth-order valence-corrected chi connectivity index (χ4v) is 5.02. The van der Waals surface area contributed by atoms with E-state index in [9.17, 15) is 22.8 Å². The van der Waals surface area contributed by atoms with Gasteiger partial charge < -0.3 is 19.1 Å². The molecule has 0 saturated carbocycles. The van der Waals surface area contributed by atoms with E-state index in [1.807, 2.05) is 51.1 Å². The van der Waals surface area contributed by atoms with Gasteiger partial charge in [0.2, 0.25) is 5.82 Å². The molecular weight excluding hydrogens is 501 g/mol. The summed E-state index contributed by atoms with van der Waals surface area (Å²) in [7, 11) is 0. The van der Waals surface area contributed by atoms with E-state index in [4.69, 9.17) is 4.74 Å². The van der Waals surface area contributed by atoms with Crippen molar-refractivity contribution in [2.75, 3.05) is 13.1 Å². The van der Waals surface area contributed by atoms with Crippen LogP contribution in [0.15, 0.2) is 53.1 Å². The van der Waals surface area contributed by atoms with Gasteiger partial charge in [-0.3, -0.25) is 4.79 Å². The molecule has 1 saturated heterocycles. The molecule has 200 valence electrons. The number of amides is 2. The van der Waals surface area contributed by atoms with Crippen LogP contribution in [0.3, 0.4) is 0 Å². The monoisotopic (exact) mass is 528 g/mol. The number of carbonyl (C=O) groups is 2. The Morgan fingerprint density at radius 1 is 1.11 bits per heavy atom. The number of ether oxygens (including phenoxy) is 1. The third-order valence-electron chi connectivity index (χ3n) is 6.72. The molecule has 2 amide bonds. The first-order valence-corrected chi connectivity index (χ1v) is 12.3. The van der Waals surface area contributed by atoms with Crippen LogP contribution in [-0.2, 0) is 17.5 Å². The number of hydrogen-bond donors (Lipinski definition) is 0. The van der Waals surface area contributed by atoms with Crippen molar-refractivity contribution in [1.29, 1.82) is 0 Å². The van der Waals surface area contributed by atoms with Gasteiger partial charge in [-0.1, -0.05) is 47.6 Å². The lowest BCUT2D eigenvalue weighted by molar-refractivity contribution is -0.159. The lowest BCUT2D eigenvalue weighted by Gasteiger charge is -2.43. The summed E-state index contributed by atoms with van der Waals surface area (Å²) in [6.45, 7) is 6.63. The second kappa shape index (κ2) is 9.45. The number of hydrogen-bond acceptors (Lipinski definition) is 6. The van der Waals surface area contributed by atoms with Crippen molar-refractivity contribution in [2.24, 2.45) is 0 Å². The molecule has 2 aromatic carbocycles. The molecule has 0 N–H and O–H groups in total. The first kappa shape index (κ1) is 25.7. The molecule has 2 aliphatic rings. The molecule has 5 rings (SSSR count). The minimum absolute atomic E-state index is 0.151. The fourth-order valence-electron chi connectivity index (χ4n) is 5.02. The van der Waals surface area contributed by atoms with Crippen molar-refractivity contribution in [2.45, 2.75) is 57.5 Å². The van der Waals surface area contributed by atoms with Crippen LogP contribution < -0.4 is 0 Å². The van der Waals surface area contributed by atoms with Crippen LogP contribution in [-0.4, -0.2) is 56.7 Å². The molecule has 0 unspecified atom stereocenters. The molecule has 0 radical (unpaired) electrons. The Morgan fingerprint density at radius 3 is 2.50 bits per heavy atom. The van der Waals surface area contributed by atoms with Gasteiger partial charge in [0, 0.05) is 42.7 Å². The quantitative estimate of drug-likeness (QED) is 0.446. The third-order valence-corrected chi connectivity index (χ3v) is 6.72. The van der Waals surface area contributed by atoms with Crippen LogP contribution in [0.4, 0.5) is 18.0 Å². The Bertz CT molecular complexity index is 1350. The second-order valence-corrected chi connectivity index (χ2v) is 10.5. The average molecular weight is 529 g/mol. The van der Waals surface area contributed by atoms with Crippen molar-refractivity contribution in [3.8, 4) is 11.4 Å². The predicted molar refractivity (Wildman–Crippen MR) is 130 cm³/mol. The number of aromatic nitrogens is 2. The topological polar surface area (TPSA) is 88.8 Å². The van der Waals surface area contributed by atoms with Crippen LogP contribution in [0.2, 0.25) is 0 Å². The van der Waals surface area contributed by atoms with Gasteiger partial charge in [-0.25, -0.2) is 4.79 Å². The van der Waals surface area contributed by atoms with Crippen molar-refractivity contribution >= 4 is 12.0 Å². The highest BCUT2D eigenvalue weighted by atomic mass is 19.4. The lowest BCUT2D eigenvalue weighted by Crippen LogP contribution is -2.52. The van der Waals surface area contributed by atoms with Gasteiger partial charge in [-0.05, 0) is 44.4 Å². The van der Waals surface area contributed by atoms with Gasteiger partial charge in [-0.15, -0.1) is 0 Å². The Balaban J connectivity index is 1.40. The Hall–Kier alpha value is -3.89. The minimum Gasteiger partial charge on any atom is -0.444 e. The van der Waals surface area contributed by atoms with Crippen LogP contribution in [0.5, 0.6) is 0 Å². The van der Waals surface area contributed by atoms with Crippen molar-refractivity contribution in [3.63, 3.8) is 0 Å². The van der Waals surface area contributed by atoms with Crippen molar-refractivity contribution in [1.82, 2.24) is 19.9 Å². The summed E-state index contributed by atoms with van der Waals surface area (Å²) in [4.78, 5) is 33.3. The van der Waals surface area contributed by atoms with E-state index >= 15 is 0 Å². The van der Waals surface area contributed by atoms with Gasteiger partial charge in [-0.2, -0.15) is 18.2 Å². The number of benzene rings is 2. The van der Waals surface area contributed by atoms with Crippen molar-refractivity contribution in [3.05, 3.63) is 71.1 Å². The summed E-state index contributed by atoms with van der Waals surface area (Å²) in [5.41, 5.74) is 1.79. The van der Waals surface area contributed by atoms with E-state index in [0.29, 0.717) is 31.6 Å². The Labute approximate surface area is 217 Å². The molecular formula is C27H27F3N4O4. The summed E-state index contributed by atoms with van der Waals surface area (Å²) in [6.07, 6.45) is -4.60. The summed E-state index contributed by atoms with van der Waals surface area (Å²) >= 11 is 0. The molecule has 2 aliphatic heterocycles. The molecule has 3 aromatic rings. The lowest BCUT2D eigenvalue weighted by atomic mass is 9.85. The van der Waals surface area contributed by atoms with Gasteiger partial charge in [0.1, 0.15) is 5.60 Å². The average Bonchev–Trinajstić information content (AvgIpc) is 3.49. The standard InChI is InChI=1S/C27H27F3N4O4/c1-26(2,3)37-25(36)33-12-11-21(20(15-33)16-7-5-4-6-8-16)34-14-18-10-9-17(13-19(18)23(34)35)22-31-24(38-32-22)27(28,29)30/h4-10,13,20-21H,11-12,14-15H2,1-3H3/t20-,21-/m0/s1. The molecule has 3 heterocycles. The summed E-state index contributed by atoms with van der Waals surface area (Å²) in [5, 5.41) is 3.43. The molecule has 8 nitrogen and oxygen atoms in total. The SMILES string of the molecule is CC(C)(C)OC(=O)N1CC[C@H](N2Cc3ccc(-c4noc(C(F)(F)F)n4)cc3C2=O)[C@H](c2ccccc2)C1.